The number of hydrogen-bond donors (Lipinski definition) is 0. The van der Waals surface area contributed by atoms with Crippen molar-refractivity contribution in [1.82, 2.24) is 0 Å². The number of Topliss-reactive ketones (excluding diaryl/α,β-unsaturated/α-hetero) is 1. The Morgan fingerprint density at radius 2 is 2.22 bits per heavy atom. The molecule has 3 heteroatoms. The molecule has 0 N–H and O–H groups in total. The summed E-state index contributed by atoms with van der Waals surface area (Å²) in [5, 5.41) is 0. The summed E-state index contributed by atoms with van der Waals surface area (Å²) in [4.78, 5) is 14.5. The van der Waals surface area contributed by atoms with Crippen molar-refractivity contribution >= 4 is 32.1 Å². The van der Waals surface area contributed by atoms with Gasteiger partial charge in [0, 0.05) is 13.5 Å². The molecule has 0 saturated heterocycles. The van der Waals surface area contributed by atoms with E-state index in [1.807, 2.05) is 29.5 Å². The standard InChI is InChI=1S/C6H10INO/c1-3-4-8-6(7)5(2)9/h3-4H2,1-2H3. The van der Waals surface area contributed by atoms with Gasteiger partial charge in [-0.1, -0.05) is 6.92 Å². The van der Waals surface area contributed by atoms with Crippen LogP contribution in [-0.4, -0.2) is 16.0 Å². The van der Waals surface area contributed by atoms with Crippen LogP contribution in [0.2, 0.25) is 0 Å². The lowest BCUT2D eigenvalue weighted by molar-refractivity contribution is -0.110. The smallest absolute Gasteiger partial charge is 0.183 e. The van der Waals surface area contributed by atoms with Gasteiger partial charge in [0.15, 0.2) is 5.78 Å². The topological polar surface area (TPSA) is 29.4 Å². The second-order valence-electron chi connectivity index (χ2n) is 1.73. The van der Waals surface area contributed by atoms with Crippen LogP contribution in [0.3, 0.4) is 0 Å². The Labute approximate surface area is 68.9 Å². The Morgan fingerprint density at radius 3 is 2.56 bits per heavy atom. The van der Waals surface area contributed by atoms with Crippen LogP contribution in [0.4, 0.5) is 0 Å². The van der Waals surface area contributed by atoms with Crippen molar-refractivity contribution in [3.05, 3.63) is 0 Å². The summed E-state index contributed by atoms with van der Waals surface area (Å²) >= 11 is 1.96. The second kappa shape index (κ2) is 4.90. The molecule has 2 nitrogen and oxygen atoms in total. The molecular weight excluding hydrogens is 229 g/mol. The quantitative estimate of drug-likeness (QED) is 0.545. The molecule has 9 heavy (non-hydrogen) atoms. The van der Waals surface area contributed by atoms with Gasteiger partial charge in [-0.2, -0.15) is 0 Å². The Bertz CT molecular complexity index is 131. The molecule has 0 bridgehead atoms. The first-order valence-corrected chi connectivity index (χ1v) is 3.97. The Balaban J connectivity index is 3.69. The van der Waals surface area contributed by atoms with E-state index < -0.39 is 0 Å². The van der Waals surface area contributed by atoms with Crippen molar-refractivity contribution in [2.45, 2.75) is 20.3 Å². The summed E-state index contributed by atoms with van der Waals surface area (Å²) in [5.74, 6) is 0.0593. The van der Waals surface area contributed by atoms with Gasteiger partial charge < -0.3 is 0 Å². The molecule has 0 unspecified atom stereocenters. The van der Waals surface area contributed by atoms with Crippen LogP contribution in [0.15, 0.2) is 4.99 Å². The number of halogens is 1. The van der Waals surface area contributed by atoms with Crippen molar-refractivity contribution in [2.75, 3.05) is 6.54 Å². The molecule has 0 saturated carbocycles. The van der Waals surface area contributed by atoms with E-state index in [1.54, 1.807) is 0 Å². The minimum atomic E-state index is 0.0593. The fourth-order valence-electron chi connectivity index (χ4n) is 0.321. The molecule has 0 atom stereocenters. The van der Waals surface area contributed by atoms with Crippen LogP contribution in [0.25, 0.3) is 0 Å². The predicted molar refractivity (Wildman–Crippen MR) is 47.3 cm³/mol. The minimum Gasteiger partial charge on any atom is -0.292 e. The molecule has 0 aromatic rings. The molecule has 0 aromatic heterocycles. The summed E-state index contributed by atoms with van der Waals surface area (Å²) in [6.45, 7) is 4.33. The first-order chi connectivity index (χ1) is 4.18. The zero-order valence-corrected chi connectivity index (χ0v) is 7.81. The second-order valence-corrected chi connectivity index (χ2v) is 2.75. The Morgan fingerprint density at radius 1 is 1.67 bits per heavy atom. The molecule has 0 radical (unpaired) electrons. The fourth-order valence-corrected chi connectivity index (χ4v) is 0.563. The Kier molecular flexibility index (Phi) is 4.94. The number of carbonyl (C=O) groups excluding carboxylic acids is 1. The lowest BCUT2D eigenvalue weighted by atomic mass is 10.5. The van der Waals surface area contributed by atoms with Crippen LogP contribution < -0.4 is 0 Å². The first kappa shape index (κ1) is 9.07. The number of hydrogen-bond acceptors (Lipinski definition) is 2. The lowest BCUT2D eigenvalue weighted by Crippen LogP contribution is -2.00. The van der Waals surface area contributed by atoms with E-state index in [4.69, 9.17) is 0 Å². The molecule has 0 rings (SSSR count). The molecule has 52 valence electrons. The van der Waals surface area contributed by atoms with E-state index in [0.29, 0.717) is 3.72 Å². The zero-order valence-electron chi connectivity index (χ0n) is 5.65. The highest BCUT2D eigenvalue weighted by Gasteiger charge is 1.96. The number of ketones is 1. The maximum atomic E-state index is 10.5. The van der Waals surface area contributed by atoms with E-state index >= 15 is 0 Å². The van der Waals surface area contributed by atoms with Crippen LogP contribution in [0.5, 0.6) is 0 Å². The molecule has 0 aliphatic heterocycles. The van der Waals surface area contributed by atoms with Crippen LogP contribution in [0, 0.1) is 0 Å². The van der Waals surface area contributed by atoms with Crippen molar-refractivity contribution < 1.29 is 4.79 Å². The van der Waals surface area contributed by atoms with Gasteiger partial charge >= 0.3 is 0 Å². The van der Waals surface area contributed by atoms with Crippen LogP contribution in [-0.2, 0) is 4.79 Å². The van der Waals surface area contributed by atoms with Gasteiger partial charge in [-0.25, -0.2) is 0 Å². The molecular formula is C6H10INO. The molecule has 0 aromatic carbocycles. The van der Waals surface area contributed by atoms with E-state index in [1.165, 1.54) is 6.92 Å². The SMILES string of the molecule is CCCN=C(I)C(C)=O. The van der Waals surface area contributed by atoms with Crippen molar-refractivity contribution in [3.63, 3.8) is 0 Å². The maximum Gasteiger partial charge on any atom is 0.183 e. The summed E-state index contributed by atoms with van der Waals surface area (Å²) in [6, 6.07) is 0. The number of aliphatic imine (C=N–C) groups is 1. The highest BCUT2D eigenvalue weighted by Crippen LogP contribution is 1.93. The minimum absolute atomic E-state index is 0.0593. The van der Waals surface area contributed by atoms with Crippen molar-refractivity contribution in [2.24, 2.45) is 4.99 Å². The highest BCUT2D eigenvalue weighted by molar-refractivity contribution is 14.1. The van der Waals surface area contributed by atoms with E-state index in [0.717, 1.165) is 13.0 Å². The van der Waals surface area contributed by atoms with Gasteiger partial charge in [0.05, 0.1) is 0 Å². The lowest BCUT2D eigenvalue weighted by Gasteiger charge is -1.88. The largest absolute Gasteiger partial charge is 0.292 e. The van der Waals surface area contributed by atoms with Crippen molar-refractivity contribution in [3.8, 4) is 0 Å². The van der Waals surface area contributed by atoms with Gasteiger partial charge in [-0.05, 0) is 29.0 Å². The molecule has 0 spiro atoms. The van der Waals surface area contributed by atoms with Crippen molar-refractivity contribution in [1.29, 1.82) is 0 Å². The number of nitrogens with zero attached hydrogens (tertiary/aromatic N) is 1. The monoisotopic (exact) mass is 239 g/mol. The fraction of sp³-hybridized carbons (Fsp3) is 0.667. The third kappa shape index (κ3) is 4.57. The summed E-state index contributed by atoms with van der Waals surface area (Å²) in [6.07, 6.45) is 1.000. The zero-order chi connectivity index (χ0) is 7.28. The number of carbonyl (C=O) groups is 1. The van der Waals surface area contributed by atoms with Gasteiger partial charge in [0.2, 0.25) is 0 Å². The molecule has 0 amide bonds. The average Bonchev–Trinajstić information content (AvgIpc) is 1.82. The van der Waals surface area contributed by atoms with Gasteiger partial charge in [-0.15, -0.1) is 0 Å². The van der Waals surface area contributed by atoms with E-state index in [9.17, 15) is 4.79 Å². The van der Waals surface area contributed by atoms with Gasteiger partial charge in [0.1, 0.15) is 3.72 Å². The summed E-state index contributed by atoms with van der Waals surface area (Å²) < 4.78 is 0.606. The summed E-state index contributed by atoms with van der Waals surface area (Å²) in [5.41, 5.74) is 0. The maximum absolute atomic E-state index is 10.5. The highest BCUT2D eigenvalue weighted by atomic mass is 127. The third-order valence-electron chi connectivity index (χ3n) is 0.765. The third-order valence-corrected chi connectivity index (χ3v) is 1.87. The van der Waals surface area contributed by atoms with Crippen LogP contribution >= 0.6 is 22.6 Å². The molecule has 0 fully saturated rings. The summed E-state index contributed by atoms with van der Waals surface area (Å²) in [7, 11) is 0. The molecule has 0 aliphatic rings. The van der Waals surface area contributed by atoms with E-state index in [2.05, 4.69) is 4.99 Å². The van der Waals surface area contributed by atoms with Gasteiger partial charge in [-0.3, -0.25) is 9.79 Å². The Hall–Kier alpha value is 0.0700. The normalized spacial score (nSPS) is 11.7. The van der Waals surface area contributed by atoms with Crippen LogP contribution in [0.1, 0.15) is 20.3 Å². The van der Waals surface area contributed by atoms with Gasteiger partial charge in [0.25, 0.3) is 0 Å². The number of rotatable bonds is 3. The predicted octanol–water partition coefficient (Wildman–Crippen LogP) is 1.82. The average molecular weight is 239 g/mol. The molecule has 0 heterocycles. The van der Waals surface area contributed by atoms with E-state index in [-0.39, 0.29) is 5.78 Å². The first-order valence-electron chi connectivity index (χ1n) is 2.89. The molecule has 0 aliphatic carbocycles.